The molecule has 0 spiro atoms. The summed E-state index contributed by atoms with van der Waals surface area (Å²) in [4.78, 5) is 13.0. The van der Waals surface area contributed by atoms with E-state index in [0.717, 1.165) is 0 Å². The molecule has 0 saturated carbocycles. The van der Waals surface area contributed by atoms with Crippen molar-refractivity contribution in [1.29, 1.82) is 0 Å². The zero-order chi connectivity index (χ0) is 16.5. The molecule has 23 heavy (non-hydrogen) atoms. The number of ether oxygens (including phenoxy) is 1. The number of benzene rings is 2. The minimum absolute atomic E-state index is 0.0873. The van der Waals surface area contributed by atoms with Crippen LogP contribution in [0.1, 0.15) is 12.8 Å². The predicted molar refractivity (Wildman–Crippen MR) is 84.6 cm³/mol. The van der Waals surface area contributed by atoms with Crippen LogP contribution in [-0.4, -0.2) is 24.0 Å². The number of carbonyl (C=O) groups is 1. The van der Waals surface area contributed by atoms with E-state index in [1.165, 1.54) is 4.90 Å². The molecular weight excluding hydrogens is 318 g/mol. The van der Waals surface area contributed by atoms with Gasteiger partial charge in [-0.15, -0.1) is 0 Å². The average molecular weight is 333 g/mol. The number of rotatable bonds is 4. The lowest BCUT2D eigenvalue weighted by Gasteiger charge is -2.38. The van der Waals surface area contributed by atoms with Crippen LogP contribution >= 0.6 is 0 Å². The molecule has 120 valence electrons. The van der Waals surface area contributed by atoms with E-state index in [9.17, 15) is 17.8 Å². The normalized spacial score (nSPS) is 21.0. The van der Waals surface area contributed by atoms with E-state index in [2.05, 4.69) is 0 Å². The summed E-state index contributed by atoms with van der Waals surface area (Å²) in [5.74, 6) is -0.667. The molecule has 1 heterocycles. The highest BCUT2D eigenvalue weighted by Crippen LogP contribution is 2.43. The van der Waals surface area contributed by atoms with E-state index in [-0.39, 0.29) is 12.8 Å². The molecule has 7 heteroatoms. The first-order valence-electron chi connectivity index (χ1n) is 7.03. The highest BCUT2D eigenvalue weighted by Gasteiger charge is 2.57. The van der Waals surface area contributed by atoms with Gasteiger partial charge < -0.3 is 4.74 Å². The molecule has 1 aliphatic heterocycles. The van der Waals surface area contributed by atoms with Crippen molar-refractivity contribution in [2.45, 2.75) is 17.9 Å². The fraction of sp³-hybridized carbons (Fsp3) is 0.188. The summed E-state index contributed by atoms with van der Waals surface area (Å²) in [5, 5.41) is -2.16. The van der Waals surface area contributed by atoms with Gasteiger partial charge in [0.15, 0.2) is 0 Å². The molecule has 6 nitrogen and oxygen atoms in total. The minimum atomic E-state index is -4.71. The van der Waals surface area contributed by atoms with E-state index in [4.69, 9.17) is 4.74 Å². The zero-order valence-electron chi connectivity index (χ0n) is 12.1. The maximum absolute atomic E-state index is 12.1. The quantitative estimate of drug-likeness (QED) is 0.684. The van der Waals surface area contributed by atoms with Crippen LogP contribution in [0.2, 0.25) is 0 Å². The largest absolute Gasteiger partial charge is 0.421 e. The monoisotopic (exact) mass is 333 g/mol. The van der Waals surface area contributed by atoms with Crippen LogP contribution < -0.4 is 4.90 Å². The Bertz CT molecular complexity index is 767. The second kappa shape index (κ2) is 5.68. The fourth-order valence-electron chi connectivity index (χ4n) is 2.69. The number of hydrogen-bond donors (Lipinski definition) is 1. The van der Waals surface area contributed by atoms with Crippen LogP contribution in [0.25, 0.3) is 0 Å². The van der Waals surface area contributed by atoms with E-state index in [1.54, 1.807) is 60.7 Å². The smallest absolute Gasteiger partial charge is 0.327 e. The SMILES string of the molecule is O=C1CCC(N(c2ccccc2)c2ccccc2)(S(=O)(=O)O)O1. The molecule has 0 aliphatic carbocycles. The lowest BCUT2D eigenvalue weighted by molar-refractivity contribution is -0.143. The predicted octanol–water partition coefficient (Wildman–Crippen LogP) is 2.70. The van der Waals surface area contributed by atoms with Gasteiger partial charge in [0.2, 0.25) is 0 Å². The third-order valence-corrected chi connectivity index (χ3v) is 4.97. The fourth-order valence-corrected chi connectivity index (χ4v) is 3.69. The van der Waals surface area contributed by atoms with Crippen molar-refractivity contribution in [2.75, 3.05) is 4.90 Å². The van der Waals surface area contributed by atoms with Gasteiger partial charge in [0, 0.05) is 17.8 Å². The van der Waals surface area contributed by atoms with Crippen molar-refractivity contribution in [1.82, 2.24) is 0 Å². The number of para-hydroxylation sites is 2. The number of cyclic esters (lactones) is 1. The summed E-state index contributed by atoms with van der Waals surface area (Å²) in [5.41, 5.74) is 0.983. The topological polar surface area (TPSA) is 83.9 Å². The minimum Gasteiger partial charge on any atom is -0.421 e. The van der Waals surface area contributed by atoms with E-state index in [1.807, 2.05) is 0 Å². The number of nitrogens with zero attached hydrogens (tertiary/aromatic N) is 1. The molecule has 0 bridgehead atoms. The molecule has 1 atom stereocenters. The van der Waals surface area contributed by atoms with E-state index >= 15 is 0 Å². The number of carbonyl (C=O) groups excluding carboxylic acids is 1. The van der Waals surface area contributed by atoms with E-state index < -0.39 is 21.1 Å². The maximum Gasteiger partial charge on any atom is 0.327 e. The molecule has 1 N–H and O–H groups in total. The highest BCUT2D eigenvalue weighted by molar-refractivity contribution is 7.87. The molecule has 3 rings (SSSR count). The Labute approximate surface area is 134 Å². The van der Waals surface area contributed by atoms with Gasteiger partial charge in [-0.1, -0.05) is 36.4 Å². The Kier molecular flexibility index (Phi) is 3.83. The molecular formula is C16H15NO5S. The van der Waals surface area contributed by atoms with Crippen LogP contribution in [0, 0.1) is 0 Å². The van der Waals surface area contributed by atoms with Gasteiger partial charge in [-0.05, 0) is 24.3 Å². The third-order valence-electron chi connectivity index (χ3n) is 3.69. The van der Waals surface area contributed by atoms with Gasteiger partial charge in [0.1, 0.15) is 0 Å². The Morgan fingerprint density at radius 1 is 0.957 bits per heavy atom. The molecule has 2 aromatic rings. The Balaban J connectivity index is 2.24. The van der Waals surface area contributed by atoms with Crippen molar-refractivity contribution in [3.63, 3.8) is 0 Å². The molecule has 2 aromatic carbocycles. The van der Waals surface area contributed by atoms with Crippen molar-refractivity contribution >= 4 is 27.5 Å². The lowest BCUT2D eigenvalue weighted by atomic mass is 10.2. The van der Waals surface area contributed by atoms with E-state index in [0.29, 0.717) is 11.4 Å². The van der Waals surface area contributed by atoms with Crippen molar-refractivity contribution in [3.8, 4) is 0 Å². The summed E-state index contributed by atoms with van der Waals surface area (Å²) in [7, 11) is -4.71. The van der Waals surface area contributed by atoms with Gasteiger partial charge in [-0.3, -0.25) is 14.2 Å². The van der Waals surface area contributed by atoms with Crippen molar-refractivity contribution in [2.24, 2.45) is 0 Å². The average Bonchev–Trinajstić information content (AvgIpc) is 2.93. The van der Waals surface area contributed by atoms with Crippen LogP contribution in [0.4, 0.5) is 11.4 Å². The van der Waals surface area contributed by atoms with Crippen LogP contribution in [0.15, 0.2) is 60.7 Å². The summed E-state index contributed by atoms with van der Waals surface area (Å²) >= 11 is 0. The summed E-state index contributed by atoms with van der Waals surface area (Å²) in [6.07, 6.45) is -0.246. The second-order valence-corrected chi connectivity index (χ2v) is 6.76. The van der Waals surface area contributed by atoms with Crippen molar-refractivity contribution in [3.05, 3.63) is 60.7 Å². The standard InChI is InChI=1S/C16H15NO5S/c18-15-11-12-16(22-15,23(19,20)21)17(13-7-3-1-4-8-13)14-9-5-2-6-10-14/h1-10H,11-12H2,(H,19,20,21). The first-order valence-corrected chi connectivity index (χ1v) is 8.47. The molecule has 1 unspecified atom stereocenters. The molecule has 0 aromatic heterocycles. The highest BCUT2D eigenvalue weighted by atomic mass is 32.2. The lowest BCUT2D eigenvalue weighted by Crippen LogP contribution is -2.52. The second-order valence-electron chi connectivity index (χ2n) is 5.17. The van der Waals surface area contributed by atoms with Gasteiger partial charge in [-0.25, -0.2) is 0 Å². The first-order chi connectivity index (χ1) is 10.9. The van der Waals surface area contributed by atoms with Gasteiger partial charge in [-0.2, -0.15) is 8.42 Å². The Morgan fingerprint density at radius 3 is 1.78 bits per heavy atom. The van der Waals surface area contributed by atoms with Gasteiger partial charge in [0.05, 0.1) is 6.42 Å². The zero-order valence-corrected chi connectivity index (χ0v) is 12.9. The Morgan fingerprint density at radius 2 is 1.43 bits per heavy atom. The molecule has 1 fully saturated rings. The van der Waals surface area contributed by atoms with Crippen molar-refractivity contribution < 1.29 is 22.5 Å². The summed E-state index contributed by atoms with van der Waals surface area (Å²) in [6.45, 7) is 0. The van der Waals surface area contributed by atoms with Gasteiger partial charge >= 0.3 is 21.1 Å². The maximum atomic E-state index is 12.1. The van der Waals surface area contributed by atoms with Crippen LogP contribution in [0.3, 0.4) is 0 Å². The molecule has 1 saturated heterocycles. The summed E-state index contributed by atoms with van der Waals surface area (Å²) < 4.78 is 39.2. The number of esters is 1. The molecule has 1 aliphatic rings. The van der Waals surface area contributed by atoms with Crippen LogP contribution in [0.5, 0.6) is 0 Å². The Hall–Kier alpha value is -2.38. The summed E-state index contributed by atoms with van der Waals surface area (Å²) in [6, 6.07) is 17.3. The molecule has 0 amide bonds. The number of anilines is 2. The molecule has 0 radical (unpaired) electrons. The third kappa shape index (κ3) is 2.69. The van der Waals surface area contributed by atoms with Crippen LogP contribution in [-0.2, 0) is 19.6 Å². The van der Waals surface area contributed by atoms with Gasteiger partial charge in [0.25, 0.3) is 0 Å². The first kappa shape index (κ1) is 15.5. The number of hydrogen-bond acceptors (Lipinski definition) is 5.